The molecule has 1 atom stereocenters. The number of anilines is 1. The van der Waals surface area contributed by atoms with E-state index in [1.165, 1.54) is 0 Å². The lowest BCUT2D eigenvalue weighted by atomic mass is 9.90. The molecular formula is C25H24N4O2. The Kier molecular flexibility index (Phi) is 6.17. The third-order valence-corrected chi connectivity index (χ3v) is 5.34. The number of carboxylic acid groups (broad SMARTS) is 1. The van der Waals surface area contributed by atoms with Gasteiger partial charge in [-0.2, -0.15) is 0 Å². The minimum absolute atomic E-state index is 0.514. The highest BCUT2D eigenvalue weighted by atomic mass is 16.4. The summed E-state index contributed by atoms with van der Waals surface area (Å²) < 4.78 is 0. The highest BCUT2D eigenvalue weighted by molar-refractivity contribution is 5.75. The molecule has 6 nitrogen and oxygen atoms in total. The Bertz CT molecular complexity index is 1130. The zero-order valence-electron chi connectivity index (χ0n) is 17.3. The molecule has 0 aliphatic carbocycles. The standard InChI is InChI=1S/C25H24N4O2/c1-18-7-12-28-24(16-18)29-14-9-20(10-15-29)21(25(30)31)6-5-19-8-13-27-23(17-19)22-4-2-3-11-26-22/h2-4,7-14,16-17,21H,5-6,15H2,1H3,(H,30,31). The molecule has 3 aromatic heterocycles. The summed E-state index contributed by atoms with van der Waals surface area (Å²) in [5, 5.41) is 9.83. The molecule has 0 fully saturated rings. The highest BCUT2D eigenvalue weighted by Crippen LogP contribution is 2.25. The Balaban J connectivity index is 1.44. The van der Waals surface area contributed by atoms with Crippen LogP contribution in [0.25, 0.3) is 11.4 Å². The lowest BCUT2D eigenvalue weighted by Crippen LogP contribution is -2.24. The molecule has 0 spiro atoms. The first kappa shape index (κ1) is 20.5. The molecule has 4 heterocycles. The Morgan fingerprint density at radius 3 is 2.61 bits per heavy atom. The van der Waals surface area contributed by atoms with Gasteiger partial charge < -0.3 is 10.0 Å². The van der Waals surface area contributed by atoms with Crippen LogP contribution in [0.15, 0.2) is 85.0 Å². The fourth-order valence-corrected chi connectivity index (χ4v) is 3.64. The summed E-state index contributed by atoms with van der Waals surface area (Å²) in [5.41, 5.74) is 4.62. The van der Waals surface area contributed by atoms with Crippen LogP contribution in [-0.2, 0) is 11.2 Å². The maximum absolute atomic E-state index is 12.0. The number of aryl methyl sites for hydroxylation is 2. The highest BCUT2D eigenvalue weighted by Gasteiger charge is 2.23. The van der Waals surface area contributed by atoms with Crippen LogP contribution in [0.2, 0.25) is 0 Å². The molecule has 0 radical (unpaired) electrons. The minimum atomic E-state index is -0.808. The molecule has 156 valence electrons. The number of carbonyl (C=O) groups is 1. The smallest absolute Gasteiger partial charge is 0.310 e. The van der Waals surface area contributed by atoms with E-state index < -0.39 is 11.9 Å². The van der Waals surface area contributed by atoms with E-state index in [1.54, 1.807) is 18.6 Å². The van der Waals surface area contributed by atoms with Crippen LogP contribution in [0, 0.1) is 12.8 Å². The number of aliphatic carboxylic acids is 1. The molecule has 0 saturated heterocycles. The van der Waals surface area contributed by atoms with Gasteiger partial charge in [-0.15, -0.1) is 0 Å². The Hall–Kier alpha value is -3.80. The Labute approximate surface area is 181 Å². The molecule has 1 N–H and O–H groups in total. The van der Waals surface area contributed by atoms with Gasteiger partial charge >= 0.3 is 5.97 Å². The molecule has 31 heavy (non-hydrogen) atoms. The van der Waals surface area contributed by atoms with Crippen molar-refractivity contribution >= 4 is 11.8 Å². The van der Waals surface area contributed by atoms with Gasteiger partial charge in [0.05, 0.1) is 17.3 Å². The summed E-state index contributed by atoms with van der Waals surface area (Å²) in [4.78, 5) is 27.1. The molecular weight excluding hydrogens is 388 g/mol. The summed E-state index contributed by atoms with van der Waals surface area (Å²) in [6, 6.07) is 13.6. The van der Waals surface area contributed by atoms with Crippen LogP contribution >= 0.6 is 0 Å². The van der Waals surface area contributed by atoms with Crippen molar-refractivity contribution in [2.75, 3.05) is 11.4 Å². The number of pyridine rings is 3. The van der Waals surface area contributed by atoms with Gasteiger partial charge in [-0.05, 0) is 78.9 Å². The Morgan fingerprint density at radius 1 is 1.06 bits per heavy atom. The van der Waals surface area contributed by atoms with Gasteiger partial charge in [0, 0.05) is 31.3 Å². The van der Waals surface area contributed by atoms with Crippen molar-refractivity contribution in [3.8, 4) is 11.4 Å². The number of hydrogen-bond donors (Lipinski definition) is 1. The Morgan fingerprint density at radius 2 is 1.90 bits per heavy atom. The molecule has 0 aromatic carbocycles. The van der Waals surface area contributed by atoms with E-state index in [1.807, 2.05) is 72.6 Å². The monoisotopic (exact) mass is 412 g/mol. The van der Waals surface area contributed by atoms with Gasteiger partial charge in [0.25, 0.3) is 0 Å². The number of aromatic nitrogens is 3. The van der Waals surface area contributed by atoms with E-state index in [2.05, 4.69) is 15.0 Å². The van der Waals surface area contributed by atoms with Gasteiger partial charge in [-0.25, -0.2) is 4.98 Å². The second-order valence-electron chi connectivity index (χ2n) is 7.56. The van der Waals surface area contributed by atoms with Crippen molar-refractivity contribution in [3.05, 3.63) is 96.1 Å². The van der Waals surface area contributed by atoms with E-state index in [4.69, 9.17) is 0 Å². The summed E-state index contributed by atoms with van der Waals surface area (Å²) >= 11 is 0. The van der Waals surface area contributed by atoms with Gasteiger partial charge in [-0.3, -0.25) is 14.8 Å². The number of hydrogen-bond acceptors (Lipinski definition) is 5. The number of rotatable bonds is 7. The summed E-state index contributed by atoms with van der Waals surface area (Å²) in [5.74, 6) is -0.510. The van der Waals surface area contributed by atoms with E-state index in [0.29, 0.717) is 19.4 Å². The SMILES string of the molecule is Cc1ccnc(N2C=CC(C(CCc3ccnc(-c4ccccn4)c3)C(=O)O)=CC2)c1. The van der Waals surface area contributed by atoms with Crippen LogP contribution in [0.1, 0.15) is 17.5 Å². The van der Waals surface area contributed by atoms with Crippen LogP contribution < -0.4 is 4.90 Å². The van der Waals surface area contributed by atoms with Crippen molar-refractivity contribution in [3.63, 3.8) is 0 Å². The molecule has 0 bridgehead atoms. The lowest BCUT2D eigenvalue weighted by molar-refractivity contribution is -0.140. The van der Waals surface area contributed by atoms with Crippen LogP contribution in [0.4, 0.5) is 5.82 Å². The number of carboxylic acids is 1. The molecule has 1 unspecified atom stereocenters. The molecule has 4 rings (SSSR count). The van der Waals surface area contributed by atoms with Gasteiger partial charge in [0.1, 0.15) is 5.82 Å². The molecule has 1 aliphatic rings. The predicted molar refractivity (Wildman–Crippen MR) is 120 cm³/mol. The number of nitrogens with zero attached hydrogens (tertiary/aromatic N) is 4. The molecule has 0 amide bonds. The number of allylic oxidation sites excluding steroid dienone is 1. The lowest BCUT2D eigenvalue weighted by Gasteiger charge is -2.24. The summed E-state index contributed by atoms with van der Waals surface area (Å²) in [6.45, 7) is 2.63. The second kappa shape index (κ2) is 9.34. The first-order valence-corrected chi connectivity index (χ1v) is 10.3. The average molecular weight is 412 g/mol. The summed E-state index contributed by atoms with van der Waals surface area (Å²) in [6.07, 6.45) is 12.2. The first-order chi connectivity index (χ1) is 15.1. The molecule has 6 heteroatoms. The van der Waals surface area contributed by atoms with Gasteiger partial charge in [-0.1, -0.05) is 12.1 Å². The second-order valence-corrected chi connectivity index (χ2v) is 7.56. The van der Waals surface area contributed by atoms with Crippen molar-refractivity contribution in [1.29, 1.82) is 0 Å². The zero-order chi connectivity index (χ0) is 21.6. The van der Waals surface area contributed by atoms with Crippen molar-refractivity contribution in [2.45, 2.75) is 19.8 Å². The summed E-state index contributed by atoms with van der Waals surface area (Å²) in [7, 11) is 0. The minimum Gasteiger partial charge on any atom is -0.481 e. The maximum Gasteiger partial charge on any atom is 0.310 e. The van der Waals surface area contributed by atoms with E-state index in [0.717, 1.165) is 33.9 Å². The van der Waals surface area contributed by atoms with Crippen LogP contribution in [-0.4, -0.2) is 32.6 Å². The van der Waals surface area contributed by atoms with Crippen molar-refractivity contribution < 1.29 is 9.90 Å². The van der Waals surface area contributed by atoms with Crippen molar-refractivity contribution in [1.82, 2.24) is 15.0 Å². The van der Waals surface area contributed by atoms with E-state index in [9.17, 15) is 9.90 Å². The quantitative estimate of drug-likeness (QED) is 0.618. The average Bonchev–Trinajstić information content (AvgIpc) is 2.80. The molecule has 1 aliphatic heterocycles. The van der Waals surface area contributed by atoms with Gasteiger partial charge in [0.15, 0.2) is 0 Å². The maximum atomic E-state index is 12.0. The van der Waals surface area contributed by atoms with Gasteiger partial charge in [0.2, 0.25) is 0 Å². The molecule has 3 aromatic rings. The third kappa shape index (κ3) is 5.04. The fourth-order valence-electron chi connectivity index (χ4n) is 3.64. The molecule has 0 saturated carbocycles. The third-order valence-electron chi connectivity index (χ3n) is 5.34. The van der Waals surface area contributed by atoms with E-state index >= 15 is 0 Å². The largest absolute Gasteiger partial charge is 0.481 e. The zero-order valence-corrected chi connectivity index (χ0v) is 17.3. The van der Waals surface area contributed by atoms with E-state index in [-0.39, 0.29) is 0 Å². The van der Waals surface area contributed by atoms with Crippen molar-refractivity contribution in [2.24, 2.45) is 5.92 Å². The normalized spacial score (nSPS) is 14.2. The fraction of sp³-hybridized carbons (Fsp3) is 0.200. The van der Waals surface area contributed by atoms with Crippen LogP contribution in [0.3, 0.4) is 0 Å². The first-order valence-electron chi connectivity index (χ1n) is 10.3. The van der Waals surface area contributed by atoms with Crippen LogP contribution in [0.5, 0.6) is 0 Å². The predicted octanol–water partition coefficient (Wildman–Crippen LogP) is 4.44. The topological polar surface area (TPSA) is 79.2 Å².